The molecule has 0 bridgehead atoms. The molecule has 0 amide bonds. The Morgan fingerprint density at radius 1 is 1.00 bits per heavy atom. The minimum atomic E-state index is -0.254. The first kappa shape index (κ1) is 27.3. The highest BCUT2D eigenvalue weighted by Gasteiger charge is 2.26. The molecule has 1 N–H and O–H groups in total. The van der Waals surface area contributed by atoms with Gasteiger partial charge in [-0.25, -0.2) is 9.97 Å². The first-order valence-electron chi connectivity index (χ1n) is 14.3. The van der Waals surface area contributed by atoms with Crippen LogP contribution in [-0.4, -0.2) is 43.4 Å². The minimum absolute atomic E-state index is 0.0385. The van der Waals surface area contributed by atoms with Crippen LogP contribution in [0.25, 0.3) is 11.0 Å². The van der Waals surface area contributed by atoms with E-state index in [2.05, 4.69) is 37.3 Å². The van der Waals surface area contributed by atoms with Crippen LogP contribution in [0.3, 0.4) is 0 Å². The van der Waals surface area contributed by atoms with Gasteiger partial charge in [0.05, 0.1) is 29.0 Å². The summed E-state index contributed by atoms with van der Waals surface area (Å²) in [7, 11) is 0. The number of carbonyl (C=O) groups excluding carboxylic acids is 1. The number of aryl methyl sites for hydroxylation is 1. The van der Waals surface area contributed by atoms with Crippen molar-refractivity contribution in [3.8, 4) is 0 Å². The van der Waals surface area contributed by atoms with Gasteiger partial charge < -0.3 is 10.2 Å². The second-order valence-electron chi connectivity index (χ2n) is 11.1. The lowest BCUT2D eigenvalue weighted by Crippen LogP contribution is -2.33. The molecule has 9 nitrogen and oxygen atoms in total. The molecule has 0 aromatic carbocycles. The summed E-state index contributed by atoms with van der Waals surface area (Å²) in [6.45, 7) is 5.17. The van der Waals surface area contributed by atoms with Crippen LogP contribution in [0, 0.1) is 6.92 Å². The molecule has 0 spiro atoms. The third-order valence-corrected chi connectivity index (χ3v) is 8.83. The van der Waals surface area contributed by atoms with Crippen LogP contribution < -0.4 is 15.8 Å². The fourth-order valence-corrected chi connectivity index (χ4v) is 6.46. The van der Waals surface area contributed by atoms with Crippen molar-refractivity contribution in [2.75, 3.05) is 23.3 Å². The number of hydrogen-bond donors (Lipinski definition) is 1. The molecule has 1 aliphatic heterocycles. The molecule has 5 heterocycles. The van der Waals surface area contributed by atoms with Gasteiger partial charge in [-0.2, -0.15) is 4.98 Å². The number of ketones is 1. The first-order valence-corrected chi connectivity index (χ1v) is 14.9. The number of rotatable bonds is 7. The molecule has 41 heavy (non-hydrogen) atoms. The SMILES string of the molecule is CC(=O)c1c(C)c2cnc(Nc3ccc(C4CCN(c5ccc(CCl)nc5)CC4)cn3)nc2n(C2CCCC2)c1=O. The molecule has 2 fully saturated rings. The molecule has 1 saturated carbocycles. The van der Waals surface area contributed by atoms with E-state index in [1.165, 1.54) is 12.5 Å². The highest BCUT2D eigenvalue weighted by atomic mass is 35.5. The molecule has 1 saturated heterocycles. The van der Waals surface area contributed by atoms with Gasteiger partial charge in [0.1, 0.15) is 11.5 Å². The van der Waals surface area contributed by atoms with Gasteiger partial charge in [-0.05, 0) is 74.8 Å². The summed E-state index contributed by atoms with van der Waals surface area (Å²) in [6.07, 6.45) is 11.6. The number of fused-ring (bicyclic) bond motifs is 1. The summed E-state index contributed by atoms with van der Waals surface area (Å²) in [5.74, 6) is 1.66. The van der Waals surface area contributed by atoms with Crippen molar-refractivity contribution in [2.45, 2.75) is 70.2 Å². The Morgan fingerprint density at radius 3 is 2.41 bits per heavy atom. The van der Waals surface area contributed by atoms with E-state index in [1.807, 2.05) is 24.5 Å². The lowest BCUT2D eigenvalue weighted by molar-refractivity contribution is 0.101. The maximum atomic E-state index is 13.5. The maximum Gasteiger partial charge on any atom is 0.263 e. The monoisotopic (exact) mass is 571 g/mol. The standard InChI is InChI=1S/C31H34ClN7O2/c1-19-26-18-35-31(37-29(26)39(24-5-3-4-6-24)30(41)28(19)20(2)40)36-27-10-7-22(16-34-27)21-11-13-38(14-12-21)25-9-8-23(15-32)33-17-25/h7-10,16-18,21,24H,3-6,11-15H2,1-2H3,(H,34,35,36,37). The fraction of sp³-hybridized carbons (Fsp3) is 0.419. The Labute approximate surface area is 244 Å². The number of halogens is 1. The lowest BCUT2D eigenvalue weighted by Gasteiger charge is -2.33. The fourth-order valence-electron chi connectivity index (χ4n) is 6.30. The summed E-state index contributed by atoms with van der Waals surface area (Å²) in [5.41, 5.74) is 4.42. The highest BCUT2D eigenvalue weighted by molar-refractivity contribution is 6.16. The third-order valence-electron chi connectivity index (χ3n) is 8.55. The predicted molar refractivity (Wildman–Crippen MR) is 162 cm³/mol. The van der Waals surface area contributed by atoms with E-state index in [0.29, 0.717) is 34.8 Å². The van der Waals surface area contributed by atoms with E-state index in [0.717, 1.165) is 68.4 Å². The summed E-state index contributed by atoms with van der Waals surface area (Å²) < 4.78 is 1.73. The highest BCUT2D eigenvalue weighted by Crippen LogP contribution is 2.33. The number of Topliss-reactive ketones (excluding diaryl/α,β-unsaturated/α-hetero) is 1. The number of piperidine rings is 1. The van der Waals surface area contributed by atoms with Gasteiger partial charge in [-0.3, -0.25) is 19.1 Å². The molecular formula is C31H34ClN7O2. The van der Waals surface area contributed by atoms with Crippen LogP contribution in [0.1, 0.15) is 84.6 Å². The number of pyridine rings is 3. The van der Waals surface area contributed by atoms with Crippen LogP contribution >= 0.6 is 11.6 Å². The van der Waals surface area contributed by atoms with Crippen LogP contribution in [0.2, 0.25) is 0 Å². The molecule has 4 aromatic heterocycles. The maximum absolute atomic E-state index is 13.5. The van der Waals surface area contributed by atoms with E-state index in [4.69, 9.17) is 16.6 Å². The first-order chi connectivity index (χ1) is 19.9. The van der Waals surface area contributed by atoms with E-state index < -0.39 is 0 Å². The predicted octanol–water partition coefficient (Wildman–Crippen LogP) is 6.07. The zero-order valence-corrected chi connectivity index (χ0v) is 24.2. The molecule has 10 heteroatoms. The number of aromatic nitrogens is 5. The molecule has 212 valence electrons. The second kappa shape index (κ2) is 11.6. The van der Waals surface area contributed by atoms with Crippen LogP contribution in [-0.2, 0) is 5.88 Å². The Hall–Kier alpha value is -3.85. The van der Waals surface area contributed by atoms with Gasteiger partial charge in [0.15, 0.2) is 5.78 Å². The van der Waals surface area contributed by atoms with Crippen LogP contribution in [0.15, 0.2) is 47.7 Å². The topological polar surface area (TPSA) is 106 Å². The van der Waals surface area contributed by atoms with E-state index >= 15 is 0 Å². The average molecular weight is 572 g/mol. The van der Waals surface area contributed by atoms with Crippen molar-refractivity contribution in [1.29, 1.82) is 0 Å². The van der Waals surface area contributed by atoms with Gasteiger partial charge in [0.25, 0.3) is 5.56 Å². The second-order valence-corrected chi connectivity index (χ2v) is 11.4. The zero-order valence-electron chi connectivity index (χ0n) is 23.4. The Bertz CT molecular complexity index is 1620. The van der Waals surface area contributed by atoms with E-state index in [9.17, 15) is 9.59 Å². The van der Waals surface area contributed by atoms with Crippen molar-refractivity contribution in [3.05, 3.63) is 75.6 Å². The van der Waals surface area contributed by atoms with Gasteiger partial charge in [-0.15, -0.1) is 11.6 Å². The van der Waals surface area contributed by atoms with Crippen LogP contribution in [0.4, 0.5) is 17.5 Å². The number of hydrogen-bond acceptors (Lipinski definition) is 8. The molecule has 1 aliphatic carbocycles. The van der Waals surface area contributed by atoms with Crippen LogP contribution in [0.5, 0.6) is 0 Å². The molecule has 0 unspecified atom stereocenters. The van der Waals surface area contributed by atoms with Crippen molar-refractivity contribution >= 4 is 45.9 Å². The van der Waals surface area contributed by atoms with Gasteiger partial charge >= 0.3 is 0 Å². The third kappa shape index (κ3) is 5.43. The van der Waals surface area contributed by atoms with Gasteiger partial charge in [0, 0.05) is 36.9 Å². The number of carbonyl (C=O) groups is 1. The lowest BCUT2D eigenvalue weighted by atomic mass is 9.90. The molecule has 0 radical (unpaired) electrons. The minimum Gasteiger partial charge on any atom is -0.370 e. The van der Waals surface area contributed by atoms with Gasteiger partial charge in [0.2, 0.25) is 5.95 Å². The Kier molecular flexibility index (Phi) is 7.71. The van der Waals surface area contributed by atoms with Crippen molar-refractivity contribution in [2.24, 2.45) is 0 Å². The summed E-state index contributed by atoms with van der Waals surface area (Å²) in [6, 6.07) is 8.19. The van der Waals surface area contributed by atoms with Gasteiger partial charge in [-0.1, -0.05) is 18.9 Å². The normalized spacial score (nSPS) is 16.4. The van der Waals surface area contributed by atoms with E-state index in [-0.39, 0.29) is 22.9 Å². The largest absolute Gasteiger partial charge is 0.370 e. The molecule has 4 aromatic rings. The molecular weight excluding hydrogens is 538 g/mol. The zero-order chi connectivity index (χ0) is 28.5. The quantitative estimate of drug-likeness (QED) is 0.210. The summed E-state index contributed by atoms with van der Waals surface area (Å²) >= 11 is 5.87. The van der Waals surface area contributed by atoms with Crippen molar-refractivity contribution in [3.63, 3.8) is 0 Å². The summed E-state index contributed by atoms with van der Waals surface area (Å²) in [4.78, 5) is 46.6. The number of alkyl halides is 1. The molecule has 0 atom stereocenters. The average Bonchev–Trinajstić information content (AvgIpc) is 3.52. The molecule has 6 rings (SSSR count). The molecule has 2 aliphatic rings. The Morgan fingerprint density at radius 2 is 1.78 bits per heavy atom. The smallest absolute Gasteiger partial charge is 0.263 e. The number of nitrogens with one attached hydrogen (secondary N) is 1. The van der Waals surface area contributed by atoms with Crippen molar-refractivity contribution in [1.82, 2.24) is 24.5 Å². The Balaban J connectivity index is 1.19. The summed E-state index contributed by atoms with van der Waals surface area (Å²) in [5, 5.41) is 3.95. The number of nitrogens with zero attached hydrogens (tertiary/aromatic N) is 6. The number of anilines is 3. The van der Waals surface area contributed by atoms with Crippen molar-refractivity contribution < 1.29 is 4.79 Å². The van der Waals surface area contributed by atoms with E-state index in [1.54, 1.807) is 17.7 Å².